The van der Waals surface area contributed by atoms with Crippen LogP contribution in [0.3, 0.4) is 0 Å². The third-order valence-corrected chi connectivity index (χ3v) is 4.09. The number of hydrogen-bond donors (Lipinski definition) is 5. The minimum absolute atomic E-state index is 0.0828. The van der Waals surface area contributed by atoms with Gasteiger partial charge in [-0.1, -0.05) is 19.9 Å². The topological polar surface area (TPSA) is 128 Å². The number of rotatable bonds is 7. The van der Waals surface area contributed by atoms with E-state index < -0.39 is 30.0 Å². The highest BCUT2D eigenvalue weighted by Crippen LogP contribution is 2.21. The summed E-state index contributed by atoms with van der Waals surface area (Å²) < 4.78 is 0. The van der Waals surface area contributed by atoms with Gasteiger partial charge in [-0.3, -0.25) is 9.59 Å². The molecule has 0 fully saturated rings. The Morgan fingerprint density at radius 1 is 1.00 bits per heavy atom. The quantitative estimate of drug-likeness (QED) is 0.501. The number of aliphatic hydroxyl groups is 1. The predicted molar refractivity (Wildman–Crippen MR) is 97.9 cm³/mol. The molecule has 0 spiro atoms. The number of benzene rings is 1. The molecule has 1 aromatic rings. The van der Waals surface area contributed by atoms with Gasteiger partial charge < -0.3 is 26.2 Å². The van der Waals surface area contributed by atoms with E-state index in [1.807, 2.05) is 13.8 Å². The summed E-state index contributed by atoms with van der Waals surface area (Å²) in [7, 11) is 0. The summed E-state index contributed by atoms with van der Waals surface area (Å²) in [5.74, 6) is -1.25. The minimum atomic E-state index is -1.30. The number of anilines is 1. The smallest absolute Gasteiger partial charge is 0.405 e. The minimum Gasteiger partial charge on any atom is -0.465 e. The molecule has 0 unspecified atom stereocenters. The molecule has 1 rings (SSSR count). The average Bonchev–Trinajstić information content (AvgIpc) is 2.54. The SMILES string of the molecule is Cc1cc(NC(=O)[C@H](C)NC(=O)[C@@H](NC(=O)O)C(C)C)c(C)cc1CO. The molecule has 144 valence electrons. The van der Waals surface area contributed by atoms with Gasteiger partial charge in [0, 0.05) is 5.69 Å². The molecule has 3 amide bonds. The molecule has 0 bridgehead atoms. The summed E-state index contributed by atoms with van der Waals surface area (Å²) in [5.41, 5.74) is 3.01. The van der Waals surface area contributed by atoms with E-state index in [0.29, 0.717) is 5.69 Å². The number of carbonyl (C=O) groups excluding carboxylic acids is 2. The molecule has 0 saturated carbocycles. The first-order valence-electron chi connectivity index (χ1n) is 8.38. The lowest BCUT2D eigenvalue weighted by molar-refractivity contribution is -0.128. The van der Waals surface area contributed by atoms with Crippen molar-refractivity contribution in [1.82, 2.24) is 10.6 Å². The maximum Gasteiger partial charge on any atom is 0.405 e. The fourth-order valence-corrected chi connectivity index (χ4v) is 2.46. The Bertz CT molecular complexity index is 688. The van der Waals surface area contributed by atoms with Gasteiger partial charge in [0.05, 0.1) is 6.61 Å². The van der Waals surface area contributed by atoms with Gasteiger partial charge in [0.1, 0.15) is 12.1 Å². The lowest BCUT2D eigenvalue weighted by Crippen LogP contribution is -2.53. The van der Waals surface area contributed by atoms with Crippen LogP contribution in [0.1, 0.15) is 37.5 Å². The summed E-state index contributed by atoms with van der Waals surface area (Å²) in [6.45, 7) is 8.50. The number of hydrogen-bond acceptors (Lipinski definition) is 4. The average molecular weight is 365 g/mol. The van der Waals surface area contributed by atoms with Crippen molar-refractivity contribution in [2.45, 2.75) is 53.3 Å². The zero-order valence-corrected chi connectivity index (χ0v) is 15.7. The zero-order valence-electron chi connectivity index (χ0n) is 15.7. The number of carbonyl (C=O) groups is 3. The lowest BCUT2D eigenvalue weighted by atomic mass is 10.0. The summed E-state index contributed by atoms with van der Waals surface area (Å²) in [4.78, 5) is 35.4. The van der Waals surface area contributed by atoms with Gasteiger partial charge in [0.15, 0.2) is 0 Å². The van der Waals surface area contributed by atoms with Crippen LogP contribution >= 0.6 is 0 Å². The van der Waals surface area contributed by atoms with E-state index in [4.69, 9.17) is 5.11 Å². The van der Waals surface area contributed by atoms with Gasteiger partial charge in [0.2, 0.25) is 11.8 Å². The molecule has 1 aromatic carbocycles. The molecule has 5 N–H and O–H groups in total. The summed E-state index contributed by atoms with van der Waals surface area (Å²) >= 11 is 0. The standard InChI is InChI=1S/C18H27N3O5/c1-9(2)15(21-18(25)26)17(24)19-12(5)16(23)20-14-7-10(3)13(8-22)6-11(14)4/h6-7,9,12,15,21-22H,8H2,1-5H3,(H,19,24)(H,20,23)(H,25,26)/t12-,15-/m0/s1. The molecule has 8 heteroatoms. The van der Waals surface area contributed by atoms with Crippen molar-refractivity contribution in [3.63, 3.8) is 0 Å². The summed E-state index contributed by atoms with van der Waals surface area (Å²) in [6.07, 6.45) is -1.30. The third-order valence-electron chi connectivity index (χ3n) is 4.09. The van der Waals surface area contributed by atoms with Crippen LogP contribution in [0.5, 0.6) is 0 Å². The number of aryl methyl sites for hydroxylation is 2. The van der Waals surface area contributed by atoms with E-state index in [2.05, 4.69) is 16.0 Å². The number of carboxylic acid groups (broad SMARTS) is 1. The number of amides is 3. The Morgan fingerprint density at radius 3 is 2.12 bits per heavy atom. The molecule has 0 radical (unpaired) electrons. The van der Waals surface area contributed by atoms with E-state index in [9.17, 15) is 19.5 Å². The second-order valence-corrected chi connectivity index (χ2v) is 6.64. The molecule has 0 aliphatic rings. The van der Waals surface area contributed by atoms with Gasteiger partial charge in [-0.25, -0.2) is 4.79 Å². The molecule has 26 heavy (non-hydrogen) atoms. The fraction of sp³-hybridized carbons (Fsp3) is 0.500. The molecular weight excluding hydrogens is 338 g/mol. The highest BCUT2D eigenvalue weighted by molar-refractivity contribution is 5.98. The fourth-order valence-electron chi connectivity index (χ4n) is 2.46. The molecule has 0 aliphatic heterocycles. The molecule has 2 atom stereocenters. The second-order valence-electron chi connectivity index (χ2n) is 6.64. The first-order valence-corrected chi connectivity index (χ1v) is 8.38. The summed E-state index contributed by atoms with van der Waals surface area (Å²) in [5, 5.41) is 25.5. The first-order chi connectivity index (χ1) is 12.1. The van der Waals surface area contributed by atoms with E-state index in [1.165, 1.54) is 6.92 Å². The van der Waals surface area contributed by atoms with Crippen molar-refractivity contribution >= 4 is 23.6 Å². The molecular formula is C18H27N3O5. The van der Waals surface area contributed by atoms with E-state index in [0.717, 1.165) is 16.7 Å². The number of aliphatic hydroxyl groups excluding tert-OH is 1. The Balaban J connectivity index is 2.80. The van der Waals surface area contributed by atoms with Crippen LogP contribution in [0.25, 0.3) is 0 Å². The first kappa shape index (κ1) is 21.4. The normalized spacial score (nSPS) is 13.0. The molecule has 0 saturated heterocycles. The Kier molecular flexibility index (Phi) is 7.57. The van der Waals surface area contributed by atoms with Gasteiger partial charge in [-0.05, 0) is 49.4 Å². The zero-order chi connectivity index (χ0) is 20.0. The number of nitrogens with one attached hydrogen (secondary N) is 3. The third kappa shape index (κ3) is 5.73. The van der Waals surface area contributed by atoms with Crippen LogP contribution < -0.4 is 16.0 Å². The van der Waals surface area contributed by atoms with Crippen LogP contribution in [0.4, 0.5) is 10.5 Å². The van der Waals surface area contributed by atoms with Crippen LogP contribution in [0, 0.1) is 19.8 Å². The predicted octanol–water partition coefficient (Wildman–Crippen LogP) is 1.53. The van der Waals surface area contributed by atoms with Gasteiger partial charge >= 0.3 is 6.09 Å². The van der Waals surface area contributed by atoms with Crippen molar-refractivity contribution < 1.29 is 24.6 Å². The highest BCUT2D eigenvalue weighted by atomic mass is 16.4. The lowest BCUT2D eigenvalue weighted by Gasteiger charge is -2.23. The van der Waals surface area contributed by atoms with Crippen LogP contribution in [-0.4, -0.2) is 40.2 Å². The Labute approximate surface area is 153 Å². The van der Waals surface area contributed by atoms with Crippen molar-refractivity contribution in [3.05, 3.63) is 28.8 Å². The monoisotopic (exact) mass is 365 g/mol. The molecule has 8 nitrogen and oxygen atoms in total. The second kappa shape index (κ2) is 9.19. The van der Waals surface area contributed by atoms with Crippen LogP contribution in [0.15, 0.2) is 12.1 Å². The Hall–Kier alpha value is -2.61. The van der Waals surface area contributed by atoms with Crippen molar-refractivity contribution in [2.24, 2.45) is 5.92 Å². The highest BCUT2D eigenvalue weighted by Gasteiger charge is 2.27. The molecule has 0 heterocycles. The van der Waals surface area contributed by atoms with Crippen molar-refractivity contribution in [1.29, 1.82) is 0 Å². The molecule has 0 aliphatic carbocycles. The largest absolute Gasteiger partial charge is 0.465 e. The van der Waals surface area contributed by atoms with Crippen molar-refractivity contribution in [2.75, 3.05) is 5.32 Å². The van der Waals surface area contributed by atoms with Crippen LogP contribution in [-0.2, 0) is 16.2 Å². The van der Waals surface area contributed by atoms with Crippen LogP contribution in [0.2, 0.25) is 0 Å². The maximum atomic E-state index is 12.4. The van der Waals surface area contributed by atoms with Crippen molar-refractivity contribution in [3.8, 4) is 0 Å². The van der Waals surface area contributed by atoms with Gasteiger partial charge in [0.25, 0.3) is 0 Å². The molecule has 0 aromatic heterocycles. The summed E-state index contributed by atoms with van der Waals surface area (Å²) in [6, 6.07) is 1.75. The van der Waals surface area contributed by atoms with E-state index in [1.54, 1.807) is 26.0 Å². The van der Waals surface area contributed by atoms with Gasteiger partial charge in [-0.15, -0.1) is 0 Å². The van der Waals surface area contributed by atoms with E-state index in [-0.39, 0.29) is 12.5 Å². The van der Waals surface area contributed by atoms with Gasteiger partial charge in [-0.2, -0.15) is 0 Å². The Morgan fingerprint density at radius 2 is 1.62 bits per heavy atom. The maximum absolute atomic E-state index is 12.4. The van der Waals surface area contributed by atoms with E-state index >= 15 is 0 Å².